The summed E-state index contributed by atoms with van der Waals surface area (Å²) in [7, 11) is 1.64. The van der Waals surface area contributed by atoms with Gasteiger partial charge in [0, 0.05) is 37.3 Å². The minimum atomic E-state index is -0.673. The molecule has 2 unspecified atom stereocenters. The topological polar surface area (TPSA) is 52.6 Å². The SMILES string of the molecule is CC1SC(c2ccc(F)cc2F)N(CCN(C)C(=O)NC(C)(C)C)C1=O. The van der Waals surface area contributed by atoms with Crippen molar-refractivity contribution in [2.45, 2.75) is 43.9 Å². The number of thioether (sulfide) groups is 1. The quantitative estimate of drug-likeness (QED) is 0.865. The molecule has 0 bridgehead atoms. The van der Waals surface area contributed by atoms with Crippen molar-refractivity contribution in [3.05, 3.63) is 35.4 Å². The second kappa shape index (κ2) is 7.82. The Labute approximate surface area is 157 Å². The third kappa shape index (κ3) is 4.87. The molecule has 8 heteroatoms. The number of rotatable bonds is 4. The van der Waals surface area contributed by atoms with Gasteiger partial charge in [-0.15, -0.1) is 11.8 Å². The van der Waals surface area contributed by atoms with Crippen molar-refractivity contribution in [3.8, 4) is 0 Å². The maximum Gasteiger partial charge on any atom is 0.317 e. The number of hydrogen-bond donors (Lipinski definition) is 1. The molecule has 0 aromatic heterocycles. The molecule has 5 nitrogen and oxygen atoms in total. The smallest absolute Gasteiger partial charge is 0.317 e. The van der Waals surface area contributed by atoms with E-state index < -0.39 is 17.0 Å². The third-order valence-corrected chi connectivity index (χ3v) is 5.36. The molecule has 26 heavy (non-hydrogen) atoms. The summed E-state index contributed by atoms with van der Waals surface area (Å²) >= 11 is 1.32. The first kappa shape index (κ1) is 20.5. The Hall–Kier alpha value is -1.83. The Kier molecular flexibility index (Phi) is 6.16. The monoisotopic (exact) mass is 385 g/mol. The largest absolute Gasteiger partial charge is 0.333 e. The van der Waals surface area contributed by atoms with Crippen LogP contribution in [0.4, 0.5) is 13.6 Å². The molecule has 1 saturated heterocycles. The lowest BCUT2D eigenvalue weighted by atomic mass is 10.1. The van der Waals surface area contributed by atoms with E-state index in [4.69, 9.17) is 0 Å². The highest BCUT2D eigenvalue weighted by molar-refractivity contribution is 8.01. The molecule has 3 amide bonds. The molecule has 1 aromatic carbocycles. The Morgan fingerprint density at radius 1 is 1.35 bits per heavy atom. The predicted octanol–water partition coefficient (Wildman–Crippen LogP) is 3.37. The Bertz CT molecular complexity index is 694. The zero-order chi connectivity index (χ0) is 19.6. The molecule has 1 aliphatic rings. The van der Waals surface area contributed by atoms with Crippen molar-refractivity contribution in [1.29, 1.82) is 0 Å². The fourth-order valence-electron chi connectivity index (χ4n) is 2.62. The van der Waals surface area contributed by atoms with Gasteiger partial charge >= 0.3 is 6.03 Å². The van der Waals surface area contributed by atoms with E-state index in [0.717, 1.165) is 6.07 Å². The maximum atomic E-state index is 14.2. The minimum absolute atomic E-state index is 0.117. The molecule has 2 rings (SSSR count). The average molecular weight is 385 g/mol. The van der Waals surface area contributed by atoms with Crippen molar-refractivity contribution in [1.82, 2.24) is 15.1 Å². The number of likely N-dealkylation sites (N-methyl/N-ethyl adjacent to an activating group) is 1. The zero-order valence-electron chi connectivity index (χ0n) is 15.7. The van der Waals surface area contributed by atoms with Crippen LogP contribution >= 0.6 is 11.8 Å². The highest BCUT2D eigenvalue weighted by Crippen LogP contribution is 2.43. The van der Waals surface area contributed by atoms with Gasteiger partial charge in [-0.2, -0.15) is 0 Å². The molecule has 1 aliphatic heterocycles. The van der Waals surface area contributed by atoms with E-state index in [9.17, 15) is 18.4 Å². The van der Waals surface area contributed by atoms with Crippen LogP contribution in [0.15, 0.2) is 18.2 Å². The molecule has 144 valence electrons. The van der Waals surface area contributed by atoms with E-state index in [1.54, 1.807) is 18.9 Å². The van der Waals surface area contributed by atoms with Crippen LogP contribution in [0.2, 0.25) is 0 Å². The first-order chi connectivity index (χ1) is 12.0. The van der Waals surface area contributed by atoms with Crippen LogP contribution in [-0.4, -0.2) is 52.7 Å². The fourth-order valence-corrected chi connectivity index (χ4v) is 3.95. The standard InChI is InChI=1S/C18H25F2N3O2S/c1-11-15(24)23(9-8-22(5)17(25)21-18(2,3)4)16(26-11)13-7-6-12(19)10-14(13)20/h6-7,10-11,16H,8-9H2,1-5H3,(H,21,25). The van der Waals surface area contributed by atoms with Gasteiger partial charge in [-0.05, 0) is 33.8 Å². The lowest BCUT2D eigenvalue weighted by molar-refractivity contribution is -0.129. The summed E-state index contributed by atoms with van der Waals surface area (Å²) in [6, 6.07) is 3.14. The van der Waals surface area contributed by atoms with E-state index in [1.807, 2.05) is 20.8 Å². The van der Waals surface area contributed by atoms with Crippen LogP contribution < -0.4 is 5.32 Å². The number of amides is 3. The summed E-state index contributed by atoms with van der Waals surface area (Å²) in [6.45, 7) is 7.99. The van der Waals surface area contributed by atoms with E-state index >= 15 is 0 Å². The Morgan fingerprint density at radius 2 is 2.00 bits per heavy atom. The van der Waals surface area contributed by atoms with E-state index in [1.165, 1.54) is 28.8 Å². The summed E-state index contributed by atoms with van der Waals surface area (Å²) in [4.78, 5) is 27.7. The molecular formula is C18H25F2N3O2S. The van der Waals surface area contributed by atoms with Crippen molar-refractivity contribution >= 4 is 23.7 Å². The second-order valence-electron chi connectivity index (χ2n) is 7.43. The first-order valence-electron chi connectivity index (χ1n) is 8.44. The summed E-state index contributed by atoms with van der Waals surface area (Å²) in [6.07, 6.45) is 0. The maximum absolute atomic E-state index is 14.2. The number of hydrogen-bond acceptors (Lipinski definition) is 3. The molecular weight excluding hydrogens is 360 g/mol. The lowest BCUT2D eigenvalue weighted by Crippen LogP contribution is -2.49. The van der Waals surface area contributed by atoms with Gasteiger partial charge in [0.1, 0.15) is 17.0 Å². The van der Waals surface area contributed by atoms with Gasteiger partial charge in [-0.1, -0.05) is 6.07 Å². The third-order valence-electron chi connectivity index (χ3n) is 3.98. The molecule has 1 N–H and O–H groups in total. The van der Waals surface area contributed by atoms with Gasteiger partial charge in [0.15, 0.2) is 0 Å². The molecule has 0 aliphatic carbocycles. The number of benzene rings is 1. The predicted molar refractivity (Wildman–Crippen MR) is 98.8 cm³/mol. The summed E-state index contributed by atoms with van der Waals surface area (Å²) in [5.41, 5.74) is -0.0882. The Balaban J connectivity index is 2.10. The number of halogens is 2. The van der Waals surface area contributed by atoms with Crippen LogP contribution in [0.3, 0.4) is 0 Å². The number of nitrogens with one attached hydrogen (secondary N) is 1. The van der Waals surface area contributed by atoms with Crippen LogP contribution in [0.25, 0.3) is 0 Å². The lowest BCUT2D eigenvalue weighted by Gasteiger charge is -2.29. The van der Waals surface area contributed by atoms with Crippen molar-refractivity contribution in [2.24, 2.45) is 0 Å². The molecule has 1 aromatic rings. The summed E-state index contributed by atoms with van der Waals surface area (Å²) < 4.78 is 27.4. The van der Waals surface area contributed by atoms with Crippen LogP contribution in [0, 0.1) is 11.6 Å². The van der Waals surface area contributed by atoms with Gasteiger partial charge in [0.2, 0.25) is 5.91 Å². The van der Waals surface area contributed by atoms with Gasteiger partial charge in [-0.3, -0.25) is 4.79 Å². The van der Waals surface area contributed by atoms with Gasteiger partial charge in [0.25, 0.3) is 0 Å². The molecule has 2 atom stereocenters. The van der Waals surface area contributed by atoms with Gasteiger partial charge in [0.05, 0.1) is 5.25 Å². The number of carbonyl (C=O) groups is 2. The summed E-state index contributed by atoms with van der Waals surface area (Å²) in [5.74, 6) is -1.44. The molecule has 1 heterocycles. The van der Waals surface area contributed by atoms with E-state index in [-0.39, 0.29) is 34.8 Å². The molecule has 0 saturated carbocycles. The van der Waals surface area contributed by atoms with Crippen molar-refractivity contribution < 1.29 is 18.4 Å². The molecule has 0 spiro atoms. The van der Waals surface area contributed by atoms with E-state index in [2.05, 4.69) is 5.32 Å². The summed E-state index contributed by atoms with van der Waals surface area (Å²) in [5, 5.41) is 2.00. The second-order valence-corrected chi connectivity index (χ2v) is 8.86. The normalized spacial score (nSPS) is 20.4. The number of nitrogens with zero attached hydrogens (tertiary/aromatic N) is 2. The number of carbonyl (C=O) groups excluding carboxylic acids is 2. The average Bonchev–Trinajstić information content (AvgIpc) is 2.78. The molecule has 1 fully saturated rings. The van der Waals surface area contributed by atoms with Gasteiger partial charge in [-0.25, -0.2) is 13.6 Å². The zero-order valence-corrected chi connectivity index (χ0v) is 16.5. The highest BCUT2D eigenvalue weighted by atomic mass is 32.2. The molecule has 0 radical (unpaired) electrons. The van der Waals surface area contributed by atoms with Crippen molar-refractivity contribution in [2.75, 3.05) is 20.1 Å². The fraction of sp³-hybridized carbons (Fsp3) is 0.556. The Morgan fingerprint density at radius 3 is 2.58 bits per heavy atom. The number of urea groups is 1. The van der Waals surface area contributed by atoms with Crippen LogP contribution in [0.1, 0.15) is 38.6 Å². The van der Waals surface area contributed by atoms with Crippen LogP contribution in [-0.2, 0) is 4.79 Å². The van der Waals surface area contributed by atoms with Crippen molar-refractivity contribution in [3.63, 3.8) is 0 Å². The van der Waals surface area contributed by atoms with Crippen LogP contribution in [0.5, 0.6) is 0 Å². The minimum Gasteiger partial charge on any atom is -0.333 e. The van der Waals surface area contributed by atoms with E-state index in [0.29, 0.717) is 6.54 Å². The highest BCUT2D eigenvalue weighted by Gasteiger charge is 2.39. The first-order valence-corrected chi connectivity index (χ1v) is 9.38. The van der Waals surface area contributed by atoms with Gasteiger partial charge < -0.3 is 15.1 Å².